The maximum atomic E-state index is 9.83. The summed E-state index contributed by atoms with van der Waals surface area (Å²) in [6.07, 6.45) is 0. The van der Waals surface area contributed by atoms with E-state index in [1.807, 2.05) is 0 Å². The lowest BCUT2D eigenvalue weighted by atomic mass is 10.7. The average molecular weight is 138 g/mol. The van der Waals surface area contributed by atoms with Crippen LogP contribution in [0, 0.1) is 0 Å². The predicted molar refractivity (Wildman–Crippen MR) is 31.1 cm³/mol. The molecule has 0 saturated carbocycles. The van der Waals surface area contributed by atoms with Gasteiger partial charge in [0.2, 0.25) is 0 Å². The van der Waals surface area contributed by atoms with Gasteiger partial charge in [0.05, 0.1) is 0 Å². The van der Waals surface area contributed by atoms with Gasteiger partial charge < -0.3 is 10.1 Å². The Kier molecular flexibility index (Phi) is 4.70. The van der Waals surface area contributed by atoms with Gasteiger partial charge in [-0.15, -0.1) is 0 Å². The molecule has 0 aliphatic heterocycles. The number of hydrogen-bond donors (Lipinski definition) is 1. The van der Waals surface area contributed by atoms with Crippen molar-refractivity contribution in [1.82, 2.24) is 5.32 Å². The summed E-state index contributed by atoms with van der Waals surface area (Å²) in [5.74, 6) is 0. The van der Waals surface area contributed by atoms with Crippen molar-refractivity contribution in [3.63, 3.8) is 0 Å². The number of rotatable bonds is 3. The van der Waals surface area contributed by atoms with Crippen molar-refractivity contribution in [2.24, 2.45) is 0 Å². The molecule has 0 aromatic rings. The first-order valence-corrected chi connectivity index (χ1v) is 2.62. The second-order valence-electron chi connectivity index (χ2n) is 1.19. The van der Waals surface area contributed by atoms with Gasteiger partial charge in [0.25, 0.3) is 0 Å². The summed E-state index contributed by atoms with van der Waals surface area (Å²) in [5.41, 5.74) is -0.750. The Hall–Kier alpha value is -0.280. The minimum absolute atomic E-state index is 0.332. The number of hydrogen-bond acceptors (Lipinski definition) is 3. The molecule has 48 valence electrons. The molecule has 0 unspecified atom stereocenters. The topological polar surface area (TPSA) is 38.3 Å². The van der Waals surface area contributed by atoms with E-state index in [2.05, 4.69) is 10.1 Å². The summed E-state index contributed by atoms with van der Waals surface area (Å²) < 4.78 is 4.35. The molecule has 0 atom stereocenters. The van der Waals surface area contributed by atoms with Crippen molar-refractivity contribution in [2.75, 3.05) is 20.2 Å². The molecular weight excluding hydrogens is 130 g/mol. The van der Waals surface area contributed by atoms with Gasteiger partial charge in [-0.25, -0.2) is 4.79 Å². The van der Waals surface area contributed by atoms with E-state index in [0.717, 1.165) is 0 Å². The highest BCUT2D eigenvalue weighted by atomic mass is 35.5. The van der Waals surface area contributed by atoms with Crippen LogP contribution in [0.3, 0.4) is 0 Å². The van der Waals surface area contributed by atoms with Crippen molar-refractivity contribution in [1.29, 1.82) is 0 Å². The molecule has 0 aromatic heterocycles. The molecule has 0 rings (SSSR count). The van der Waals surface area contributed by atoms with Gasteiger partial charge in [-0.2, -0.15) is 0 Å². The molecule has 8 heavy (non-hydrogen) atoms. The minimum Gasteiger partial charge on any atom is -0.452 e. The molecule has 0 amide bonds. The van der Waals surface area contributed by atoms with Crippen molar-refractivity contribution in [3.05, 3.63) is 0 Å². The van der Waals surface area contributed by atoms with Crippen LogP contribution >= 0.6 is 11.6 Å². The fraction of sp³-hybridized carbons (Fsp3) is 0.750. The Labute approximate surface area is 53.0 Å². The normalized spacial score (nSPS) is 8.75. The molecule has 1 N–H and O–H groups in total. The standard InChI is InChI=1S/C4H8ClNO2/c1-6-2-3-8-4(5)7/h6H,2-3H2,1H3. The third-order valence-electron chi connectivity index (χ3n) is 0.568. The van der Waals surface area contributed by atoms with Crippen molar-refractivity contribution in [3.8, 4) is 0 Å². The van der Waals surface area contributed by atoms with Gasteiger partial charge in [-0.3, -0.25) is 0 Å². The van der Waals surface area contributed by atoms with Crippen LogP contribution in [0.5, 0.6) is 0 Å². The van der Waals surface area contributed by atoms with Crippen molar-refractivity contribution < 1.29 is 9.53 Å². The number of nitrogens with one attached hydrogen (secondary N) is 1. The van der Waals surface area contributed by atoms with E-state index in [1.165, 1.54) is 0 Å². The molecule has 0 spiro atoms. The smallest absolute Gasteiger partial charge is 0.403 e. The molecular formula is C4H8ClNO2. The zero-order chi connectivity index (χ0) is 6.41. The van der Waals surface area contributed by atoms with Crippen LogP contribution in [0.2, 0.25) is 0 Å². The molecule has 0 aliphatic carbocycles. The molecule has 0 heterocycles. The number of ether oxygens (including phenoxy) is 1. The highest BCUT2D eigenvalue weighted by Crippen LogP contribution is 1.83. The summed E-state index contributed by atoms with van der Waals surface area (Å²) in [6, 6.07) is 0. The lowest BCUT2D eigenvalue weighted by Crippen LogP contribution is -2.14. The van der Waals surface area contributed by atoms with Gasteiger partial charge in [0.15, 0.2) is 0 Å². The summed E-state index contributed by atoms with van der Waals surface area (Å²) in [6.45, 7) is 0.970. The third-order valence-corrected chi connectivity index (χ3v) is 0.677. The van der Waals surface area contributed by atoms with Crippen LogP contribution in [-0.2, 0) is 4.74 Å². The molecule has 0 bridgehead atoms. The SMILES string of the molecule is CNCCOC(=O)Cl. The van der Waals surface area contributed by atoms with Gasteiger partial charge in [-0.05, 0) is 7.05 Å². The first-order valence-electron chi connectivity index (χ1n) is 2.24. The molecule has 0 aromatic carbocycles. The predicted octanol–water partition coefficient (Wildman–Crippen LogP) is 0.581. The maximum Gasteiger partial charge on any atom is 0.403 e. The van der Waals surface area contributed by atoms with Crippen LogP contribution < -0.4 is 5.32 Å². The summed E-state index contributed by atoms with van der Waals surface area (Å²) in [7, 11) is 1.77. The van der Waals surface area contributed by atoms with Gasteiger partial charge in [-0.1, -0.05) is 0 Å². The van der Waals surface area contributed by atoms with E-state index < -0.39 is 5.43 Å². The Bertz CT molecular complexity index is 76.4. The average Bonchev–Trinajstić information content (AvgIpc) is 1.66. The van der Waals surface area contributed by atoms with Crippen LogP contribution in [0.1, 0.15) is 0 Å². The van der Waals surface area contributed by atoms with Gasteiger partial charge in [0.1, 0.15) is 6.61 Å². The van der Waals surface area contributed by atoms with Gasteiger partial charge in [0, 0.05) is 18.1 Å². The molecule has 4 heteroatoms. The number of likely N-dealkylation sites (N-methyl/N-ethyl adjacent to an activating group) is 1. The summed E-state index contributed by atoms with van der Waals surface area (Å²) in [4.78, 5) is 9.83. The Balaban J connectivity index is 2.82. The monoisotopic (exact) mass is 137 g/mol. The zero-order valence-electron chi connectivity index (χ0n) is 4.61. The summed E-state index contributed by atoms with van der Waals surface area (Å²) >= 11 is 4.82. The Morgan fingerprint density at radius 2 is 2.50 bits per heavy atom. The molecule has 3 nitrogen and oxygen atoms in total. The fourth-order valence-corrected chi connectivity index (χ4v) is 0.310. The number of carbonyl (C=O) groups excluding carboxylic acids is 1. The van der Waals surface area contributed by atoms with E-state index in [-0.39, 0.29) is 0 Å². The maximum absolute atomic E-state index is 9.83. The van der Waals surface area contributed by atoms with Crippen molar-refractivity contribution in [2.45, 2.75) is 0 Å². The number of halogens is 1. The van der Waals surface area contributed by atoms with E-state index in [4.69, 9.17) is 11.6 Å². The van der Waals surface area contributed by atoms with Crippen molar-refractivity contribution >= 4 is 17.0 Å². The molecule has 0 aliphatic rings. The first-order chi connectivity index (χ1) is 3.77. The quantitative estimate of drug-likeness (QED) is 0.457. The zero-order valence-corrected chi connectivity index (χ0v) is 5.36. The van der Waals surface area contributed by atoms with E-state index >= 15 is 0 Å². The second-order valence-corrected chi connectivity index (χ2v) is 1.50. The van der Waals surface area contributed by atoms with Crippen LogP contribution in [-0.4, -0.2) is 25.6 Å². The Morgan fingerprint density at radius 3 is 2.88 bits per heavy atom. The third kappa shape index (κ3) is 5.72. The fourth-order valence-electron chi connectivity index (χ4n) is 0.233. The summed E-state index contributed by atoms with van der Waals surface area (Å²) in [5, 5.41) is 2.79. The van der Waals surface area contributed by atoms with Crippen LogP contribution in [0.4, 0.5) is 4.79 Å². The molecule has 0 radical (unpaired) electrons. The van der Waals surface area contributed by atoms with Crippen LogP contribution in [0.15, 0.2) is 0 Å². The first kappa shape index (κ1) is 7.72. The van der Waals surface area contributed by atoms with Crippen LogP contribution in [0.25, 0.3) is 0 Å². The lowest BCUT2D eigenvalue weighted by molar-refractivity contribution is 0.174. The second kappa shape index (κ2) is 4.87. The largest absolute Gasteiger partial charge is 0.452 e. The Morgan fingerprint density at radius 1 is 1.88 bits per heavy atom. The van der Waals surface area contributed by atoms with E-state index in [9.17, 15) is 4.79 Å². The van der Waals surface area contributed by atoms with Gasteiger partial charge >= 0.3 is 5.43 Å². The number of carbonyl (C=O) groups is 1. The van der Waals surface area contributed by atoms with E-state index in [1.54, 1.807) is 7.05 Å². The highest BCUT2D eigenvalue weighted by molar-refractivity contribution is 6.61. The van der Waals surface area contributed by atoms with E-state index in [0.29, 0.717) is 13.2 Å². The molecule has 0 fully saturated rings. The molecule has 0 saturated heterocycles. The highest BCUT2D eigenvalue weighted by Gasteiger charge is 1.90. The lowest BCUT2D eigenvalue weighted by Gasteiger charge is -1.96. The minimum atomic E-state index is -0.750.